The van der Waals surface area contributed by atoms with E-state index in [9.17, 15) is 4.39 Å². The zero-order valence-corrected chi connectivity index (χ0v) is 11.3. The molecule has 1 aromatic carbocycles. The minimum atomic E-state index is -1.36. The van der Waals surface area contributed by atoms with Crippen molar-refractivity contribution in [3.05, 3.63) is 35.9 Å². The molecule has 0 heterocycles. The van der Waals surface area contributed by atoms with Gasteiger partial charge < -0.3 is 15.8 Å². The Labute approximate surface area is 112 Å². The lowest BCUT2D eigenvalue weighted by molar-refractivity contribution is 0.179. The first kappa shape index (κ1) is 13.8. The number of rotatable bonds is 5. The molecule has 2 rings (SSSR count). The predicted molar refractivity (Wildman–Crippen MR) is 73.7 cm³/mol. The van der Waals surface area contributed by atoms with Crippen molar-refractivity contribution in [3.63, 3.8) is 0 Å². The summed E-state index contributed by atoms with van der Waals surface area (Å²) < 4.78 is 19.5. The highest BCUT2D eigenvalue weighted by Crippen LogP contribution is 2.51. The van der Waals surface area contributed by atoms with Gasteiger partial charge in [0.2, 0.25) is 0 Å². The van der Waals surface area contributed by atoms with Crippen LogP contribution in [0, 0.1) is 0 Å². The van der Waals surface area contributed by atoms with Crippen LogP contribution in [0.1, 0.15) is 18.9 Å². The molecule has 0 saturated heterocycles. The van der Waals surface area contributed by atoms with Crippen LogP contribution < -0.4 is 11.1 Å². The van der Waals surface area contributed by atoms with Gasteiger partial charge in [-0.2, -0.15) is 0 Å². The number of nitrogens with zero attached hydrogens (tertiary/aromatic N) is 1. The van der Waals surface area contributed by atoms with Crippen LogP contribution in [0.4, 0.5) is 4.39 Å². The number of hydrogen-bond donors (Lipinski definition) is 2. The largest absolute Gasteiger partial charge is 0.383 e. The van der Waals surface area contributed by atoms with Gasteiger partial charge in [-0.25, -0.2) is 9.38 Å². The topological polar surface area (TPSA) is 59.6 Å². The number of halogens is 1. The third-order valence-electron chi connectivity index (χ3n) is 3.22. The molecule has 1 aliphatic carbocycles. The van der Waals surface area contributed by atoms with E-state index in [1.807, 2.05) is 25.1 Å². The summed E-state index contributed by atoms with van der Waals surface area (Å²) in [5.41, 5.74) is 5.07. The van der Waals surface area contributed by atoms with Crippen molar-refractivity contribution in [3.8, 4) is 0 Å². The molecular weight excluding hydrogens is 245 g/mol. The molecule has 1 aliphatic rings. The highest BCUT2D eigenvalue weighted by atomic mass is 19.1. The molecule has 0 aliphatic heterocycles. The second-order valence-corrected chi connectivity index (χ2v) is 4.96. The second kappa shape index (κ2) is 5.57. The summed E-state index contributed by atoms with van der Waals surface area (Å²) in [6.45, 7) is 2.46. The van der Waals surface area contributed by atoms with Gasteiger partial charge in [0.05, 0.1) is 12.6 Å². The van der Waals surface area contributed by atoms with Crippen molar-refractivity contribution >= 4 is 5.96 Å². The van der Waals surface area contributed by atoms with Gasteiger partial charge in [0.25, 0.3) is 0 Å². The second-order valence-electron chi connectivity index (χ2n) is 4.96. The predicted octanol–water partition coefficient (Wildman–Crippen LogP) is 1.56. The normalized spacial score (nSPS) is 27.9. The molecule has 0 bridgehead atoms. The Morgan fingerprint density at radius 1 is 1.58 bits per heavy atom. The lowest BCUT2D eigenvalue weighted by Crippen LogP contribution is -2.41. The van der Waals surface area contributed by atoms with Gasteiger partial charge in [-0.15, -0.1) is 0 Å². The van der Waals surface area contributed by atoms with Crippen LogP contribution >= 0.6 is 0 Å². The zero-order valence-electron chi connectivity index (χ0n) is 11.3. The highest BCUT2D eigenvalue weighted by molar-refractivity contribution is 5.78. The van der Waals surface area contributed by atoms with E-state index < -0.39 is 11.7 Å². The number of nitrogens with one attached hydrogen (secondary N) is 1. The maximum absolute atomic E-state index is 14.5. The van der Waals surface area contributed by atoms with Crippen LogP contribution in [-0.4, -0.2) is 31.8 Å². The van der Waals surface area contributed by atoms with Crippen molar-refractivity contribution < 1.29 is 9.13 Å². The van der Waals surface area contributed by atoms with Crippen molar-refractivity contribution in [1.82, 2.24) is 5.32 Å². The van der Waals surface area contributed by atoms with Crippen LogP contribution in [0.2, 0.25) is 0 Å². The van der Waals surface area contributed by atoms with Crippen LogP contribution in [0.15, 0.2) is 35.3 Å². The number of hydrogen-bond acceptors (Lipinski definition) is 2. The first-order valence-electron chi connectivity index (χ1n) is 6.39. The number of alkyl halides is 1. The molecule has 3 atom stereocenters. The first-order chi connectivity index (χ1) is 9.06. The molecule has 0 spiro atoms. The molecule has 3 N–H and O–H groups in total. The molecule has 1 saturated carbocycles. The Morgan fingerprint density at radius 2 is 2.26 bits per heavy atom. The fourth-order valence-electron chi connectivity index (χ4n) is 2.15. The van der Waals surface area contributed by atoms with E-state index in [-0.39, 0.29) is 12.0 Å². The van der Waals surface area contributed by atoms with Gasteiger partial charge >= 0.3 is 0 Å². The zero-order chi connectivity index (χ0) is 13.9. The van der Waals surface area contributed by atoms with Crippen molar-refractivity contribution in [2.24, 2.45) is 10.7 Å². The first-order valence-corrected chi connectivity index (χ1v) is 6.39. The van der Waals surface area contributed by atoms with E-state index in [1.165, 1.54) is 0 Å². The molecule has 0 radical (unpaired) electrons. The van der Waals surface area contributed by atoms with Crippen molar-refractivity contribution in [1.29, 1.82) is 0 Å². The lowest BCUT2D eigenvalue weighted by atomic mass is 10.1. The van der Waals surface area contributed by atoms with Gasteiger partial charge in [-0.05, 0) is 12.5 Å². The molecular formula is C14H20FN3O. The molecule has 3 unspecified atom stereocenters. The Morgan fingerprint density at radius 3 is 2.89 bits per heavy atom. The SMILES string of the molecule is COCC(C)NC(N)=NC1CC1(F)c1ccccc1. The van der Waals surface area contributed by atoms with Crippen LogP contribution in [0.25, 0.3) is 0 Å². The third-order valence-corrected chi connectivity index (χ3v) is 3.22. The molecule has 104 valence electrons. The summed E-state index contributed by atoms with van der Waals surface area (Å²) in [5.74, 6) is 0.269. The summed E-state index contributed by atoms with van der Waals surface area (Å²) in [5, 5.41) is 2.98. The number of ether oxygens (including phenoxy) is 1. The standard InChI is InChI=1S/C14H20FN3O/c1-10(9-19-2)17-13(16)18-12-8-14(12,15)11-6-4-3-5-7-11/h3-7,10,12H,8-9H2,1-2H3,(H3,16,17,18). The smallest absolute Gasteiger partial charge is 0.189 e. The quantitative estimate of drug-likeness (QED) is 0.627. The van der Waals surface area contributed by atoms with Gasteiger partial charge in [0.15, 0.2) is 11.6 Å². The number of guanidine groups is 1. The maximum atomic E-state index is 14.5. The fraction of sp³-hybridized carbons (Fsp3) is 0.500. The van der Waals surface area contributed by atoms with Crippen LogP contribution in [0.3, 0.4) is 0 Å². The van der Waals surface area contributed by atoms with E-state index in [0.717, 1.165) is 0 Å². The highest BCUT2D eigenvalue weighted by Gasteiger charge is 2.57. The minimum Gasteiger partial charge on any atom is -0.383 e. The number of methoxy groups -OCH3 is 1. The van der Waals surface area contributed by atoms with Crippen molar-refractivity contribution in [2.75, 3.05) is 13.7 Å². The molecule has 19 heavy (non-hydrogen) atoms. The Balaban J connectivity index is 1.95. The van der Waals surface area contributed by atoms with E-state index in [4.69, 9.17) is 10.5 Å². The third kappa shape index (κ3) is 3.23. The van der Waals surface area contributed by atoms with E-state index in [1.54, 1.807) is 19.2 Å². The average molecular weight is 265 g/mol. The van der Waals surface area contributed by atoms with E-state index >= 15 is 0 Å². The molecule has 1 aromatic rings. The van der Waals surface area contributed by atoms with Crippen molar-refractivity contribution in [2.45, 2.75) is 31.1 Å². The lowest BCUT2D eigenvalue weighted by Gasteiger charge is -2.13. The van der Waals surface area contributed by atoms with Crippen LogP contribution in [0.5, 0.6) is 0 Å². The molecule has 0 aromatic heterocycles. The summed E-state index contributed by atoms with van der Waals surface area (Å²) in [7, 11) is 1.62. The number of benzene rings is 1. The monoisotopic (exact) mass is 265 g/mol. The van der Waals surface area contributed by atoms with E-state index in [2.05, 4.69) is 10.3 Å². The molecule has 5 heteroatoms. The Bertz CT molecular complexity index is 451. The van der Waals surface area contributed by atoms with Gasteiger partial charge in [0.1, 0.15) is 0 Å². The summed E-state index contributed by atoms with van der Waals surface area (Å²) >= 11 is 0. The van der Waals surface area contributed by atoms with Gasteiger partial charge in [0, 0.05) is 19.6 Å². The molecule has 4 nitrogen and oxygen atoms in total. The summed E-state index contributed by atoms with van der Waals surface area (Å²) in [4.78, 5) is 4.19. The Kier molecular flexibility index (Phi) is 4.04. The summed E-state index contributed by atoms with van der Waals surface area (Å²) in [6, 6.07) is 8.76. The molecule has 1 fully saturated rings. The fourth-order valence-corrected chi connectivity index (χ4v) is 2.15. The summed E-state index contributed by atoms with van der Waals surface area (Å²) in [6.07, 6.45) is 0.387. The van der Waals surface area contributed by atoms with Gasteiger partial charge in [-0.3, -0.25) is 0 Å². The minimum absolute atomic E-state index is 0.0539. The number of nitrogens with two attached hydrogens (primary N) is 1. The maximum Gasteiger partial charge on any atom is 0.189 e. The van der Waals surface area contributed by atoms with Crippen LogP contribution in [-0.2, 0) is 10.4 Å². The van der Waals surface area contributed by atoms with Gasteiger partial charge in [-0.1, -0.05) is 30.3 Å². The average Bonchev–Trinajstić information content (AvgIpc) is 3.02. The Hall–Kier alpha value is -1.62. The number of aliphatic imine (C=N–C) groups is 1. The van der Waals surface area contributed by atoms with E-state index in [0.29, 0.717) is 18.6 Å². The molecule has 0 amide bonds.